The third-order valence-corrected chi connectivity index (χ3v) is 2.37. The molecule has 0 bridgehead atoms. The molecule has 96 valence electrons. The van der Waals surface area contributed by atoms with Crippen molar-refractivity contribution >= 4 is 18.3 Å². The zero-order chi connectivity index (χ0) is 12.1. The zero-order valence-electron chi connectivity index (χ0n) is 10.3. The number of nitrogens with two attached hydrogens (primary N) is 1. The molecule has 0 spiro atoms. The Balaban J connectivity index is 0.00000256. The standard InChI is InChI=1S/C12H18N2O2.ClH/c1-8(13)12(15)14-9(2)10-5-4-6-11(7-10)16-3;/h4-9H,13H2,1-3H3,(H,14,15);1H. The van der Waals surface area contributed by atoms with Crippen molar-refractivity contribution in [3.63, 3.8) is 0 Å². The van der Waals surface area contributed by atoms with Gasteiger partial charge in [0.2, 0.25) is 5.91 Å². The van der Waals surface area contributed by atoms with E-state index in [1.54, 1.807) is 14.0 Å². The Hall–Kier alpha value is -1.26. The summed E-state index contributed by atoms with van der Waals surface area (Å²) >= 11 is 0. The summed E-state index contributed by atoms with van der Waals surface area (Å²) in [6, 6.07) is 7.02. The van der Waals surface area contributed by atoms with Crippen LogP contribution in [-0.2, 0) is 4.79 Å². The molecule has 1 amide bonds. The zero-order valence-corrected chi connectivity index (χ0v) is 11.1. The average Bonchev–Trinajstić information content (AvgIpc) is 2.28. The number of nitrogens with one attached hydrogen (secondary N) is 1. The number of rotatable bonds is 4. The van der Waals surface area contributed by atoms with Crippen LogP contribution in [0.25, 0.3) is 0 Å². The van der Waals surface area contributed by atoms with Crippen molar-refractivity contribution in [3.05, 3.63) is 29.8 Å². The normalized spacial score (nSPS) is 13.2. The smallest absolute Gasteiger partial charge is 0.237 e. The summed E-state index contributed by atoms with van der Waals surface area (Å²) in [7, 11) is 1.62. The Labute approximate surface area is 108 Å². The monoisotopic (exact) mass is 258 g/mol. The summed E-state index contributed by atoms with van der Waals surface area (Å²) < 4.78 is 5.12. The first-order chi connectivity index (χ1) is 7.54. The quantitative estimate of drug-likeness (QED) is 0.863. The summed E-state index contributed by atoms with van der Waals surface area (Å²) in [6.45, 7) is 3.57. The van der Waals surface area contributed by atoms with Crippen molar-refractivity contribution in [1.29, 1.82) is 0 Å². The van der Waals surface area contributed by atoms with Gasteiger partial charge in [-0.05, 0) is 31.5 Å². The van der Waals surface area contributed by atoms with Crippen molar-refractivity contribution in [3.8, 4) is 5.75 Å². The molecule has 3 N–H and O–H groups in total. The maximum atomic E-state index is 11.4. The predicted molar refractivity (Wildman–Crippen MR) is 70.4 cm³/mol. The van der Waals surface area contributed by atoms with E-state index in [1.807, 2.05) is 31.2 Å². The fraction of sp³-hybridized carbons (Fsp3) is 0.417. The number of amides is 1. The molecular formula is C12H19ClN2O2. The van der Waals surface area contributed by atoms with E-state index in [0.29, 0.717) is 0 Å². The van der Waals surface area contributed by atoms with E-state index in [2.05, 4.69) is 5.32 Å². The van der Waals surface area contributed by atoms with Crippen molar-refractivity contribution in [2.75, 3.05) is 7.11 Å². The third-order valence-electron chi connectivity index (χ3n) is 2.37. The molecule has 0 heterocycles. The van der Waals surface area contributed by atoms with Crippen molar-refractivity contribution in [2.45, 2.75) is 25.9 Å². The Morgan fingerprint density at radius 2 is 2.06 bits per heavy atom. The molecule has 0 aliphatic heterocycles. The first kappa shape index (κ1) is 15.7. The first-order valence-electron chi connectivity index (χ1n) is 5.24. The van der Waals surface area contributed by atoms with Gasteiger partial charge >= 0.3 is 0 Å². The second-order valence-corrected chi connectivity index (χ2v) is 3.80. The molecule has 17 heavy (non-hydrogen) atoms. The molecule has 1 aromatic rings. The lowest BCUT2D eigenvalue weighted by Crippen LogP contribution is -2.39. The van der Waals surface area contributed by atoms with Crippen LogP contribution in [0.1, 0.15) is 25.5 Å². The molecule has 4 nitrogen and oxygen atoms in total. The molecule has 5 heteroatoms. The summed E-state index contributed by atoms with van der Waals surface area (Å²) in [5.41, 5.74) is 6.48. The lowest BCUT2D eigenvalue weighted by molar-refractivity contribution is -0.122. The summed E-state index contributed by atoms with van der Waals surface area (Å²) in [6.07, 6.45) is 0. The van der Waals surface area contributed by atoms with E-state index in [1.165, 1.54) is 0 Å². The molecule has 0 saturated heterocycles. The van der Waals surface area contributed by atoms with Crippen LogP contribution in [0.15, 0.2) is 24.3 Å². The number of halogens is 1. The van der Waals surface area contributed by atoms with Crippen LogP contribution < -0.4 is 15.8 Å². The summed E-state index contributed by atoms with van der Waals surface area (Å²) in [5.74, 6) is 0.620. The topological polar surface area (TPSA) is 64.3 Å². The highest BCUT2D eigenvalue weighted by atomic mass is 35.5. The molecule has 1 rings (SSSR count). The van der Waals surface area contributed by atoms with Gasteiger partial charge in [-0.2, -0.15) is 0 Å². The fourth-order valence-electron chi connectivity index (χ4n) is 1.34. The van der Waals surface area contributed by atoms with E-state index in [4.69, 9.17) is 10.5 Å². The van der Waals surface area contributed by atoms with E-state index < -0.39 is 6.04 Å². The van der Waals surface area contributed by atoms with Gasteiger partial charge in [-0.3, -0.25) is 4.79 Å². The van der Waals surface area contributed by atoms with Gasteiger partial charge in [-0.15, -0.1) is 12.4 Å². The van der Waals surface area contributed by atoms with E-state index in [-0.39, 0.29) is 24.4 Å². The maximum absolute atomic E-state index is 11.4. The van der Waals surface area contributed by atoms with E-state index >= 15 is 0 Å². The molecule has 0 aromatic heterocycles. The third kappa shape index (κ3) is 4.63. The van der Waals surface area contributed by atoms with Crippen molar-refractivity contribution in [2.24, 2.45) is 5.73 Å². The molecule has 2 atom stereocenters. The van der Waals surface area contributed by atoms with Crippen LogP contribution in [0, 0.1) is 0 Å². The minimum atomic E-state index is -0.493. The van der Waals surface area contributed by atoms with Gasteiger partial charge < -0.3 is 15.8 Å². The van der Waals surface area contributed by atoms with Crippen LogP contribution in [0.4, 0.5) is 0 Å². The second-order valence-electron chi connectivity index (χ2n) is 3.80. The molecule has 0 aliphatic carbocycles. The number of carbonyl (C=O) groups excluding carboxylic acids is 1. The SMILES string of the molecule is COc1cccc(C(C)NC(=O)C(C)N)c1.Cl. The lowest BCUT2D eigenvalue weighted by atomic mass is 10.1. The Morgan fingerprint density at radius 3 is 2.59 bits per heavy atom. The fourth-order valence-corrected chi connectivity index (χ4v) is 1.34. The largest absolute Gasteiger partial charge is 0.497 e. The van der Waals surface area contributed by atoms with Crippen molar-refractivity contribution in [1.82, 2.24) is 5.32 Å². The van der Waals surface area contributed by atoms with Gasteiger partial charge in [0, 0.05) is 0 Å². The van der Waals surface area contributed by atoms with Crippen LogP contribution in [0.5, 0.6) is 5.75 Å². The van der Waals surface area contributed by atoms with Gasteiger partial charge in [0.25, 0.3) is 0 Å². The molecule has 0 aliphatic rings. The predicted octanol–water partition coefficient (Wildman–Crippen LogP) is 1.64. The van der Waals surface area contributed by atoms with Gasteiger partial charge in [0.15, 0.2) is 0 Å². The first-order valence-corrected chi connectivity index (χ1v) is 5.24. The maximum Gasteiger partial charge on any atom is 0.237 e. The molecular weight excluding hydrogens is 240 g/mol. The van der Waals surface area contributed by atoms with Gasteiger partial charge in [0.1, 0.15) is 5.75 Å². The highest BCUT2D eigenvalue weighted by Gasteiger charge is 2.12. The van der Waals surface area contributed by atoms with Crippen LogP contribution in [0.2, 0.25) is 0 Å². The van der Waals surface area contributed by atoms with E-state index in [9.17, 15) is 4.79 Å². The number of carbonyl (C=O) groups is 1. The highest BCUT2D eigenvalue weighted by molar-refractivity contribution is 5.85. The van der Waals surface area contributed by atoms with Crippen LogP contribution in [0.3, 0.4) is 0 Å². The second kappa shape index (κ2) is 7.14. The minimum Gasteiger partial charge on any atom is -0.497 e. The number of methoxy groups -OCH3 is 1. The Kier molecular flexibility index (Phi) is 6.61. The van der Waals surface area contributed by atoms with Gasteiger partial charge in [-0.1, -0.05) is 12.1 Å². The summed E-state index contributed by atoms with van der Waals surface area (Å²) in [4.78, 5) is 11.4. The summed E-state index contributed by atoms with van der Waals surface area (Å²) in [5, 5.41) is 2.83. The number of benzene rings is 1. The van der Waals surface area contributed by atoms with Crippen LogP contribution in [-0.4, -0.2) is 19.1 Å². The Bertz CT molecular complexity index is 369. The van der Waals surface area contributed by atoms with Gasteiger partial charge in [-0.25, -0.2) is 0 Å². The molecule has 0 radical (unpaired) electrons. The number of hydrogen-bond acceptors (Lipinski definition) is 3. The van der Waals surface area contributed by atoms with Crippen LogP contribution >= 0.6 is 12.4 Å². The number of ether oxygens (including phenoxy) is 1. The molecule has 0 saturated carbocycles. The number of hydrogen-bond donors (Lipinski definition) is 2. The lowest BCUT2D eigenvalue weighted by Gasteiger charge is -2.16. The highest BCUT2D eigenvalue weighted by Crippen LogP contribution is 2.18. The van der Waals surface area contributed by atoms with E-state index in [0.717, 1.165) is 11.3 Å². The van der Waals surface area contributed by atoms with Gasteiger partial charge in [0.05, 0.1) is 19.2 Å². The Morgan fingerprint density at radius 1 is 1.41 bits per heavy atom. The molecule has 0 fully saturated rings. The minimum absolute atomic E-state index is 0. The molecule has 2 unspecified atom stereocenters. The molecule has 1 aromatic carbocycles. The average molecular weight is 259 g/mol. The van der Waals surface area contributed by atoms with Crippen molar-refractivity contribution < 1.29 is 9.53 Å².